The molecule has 0 radical (unpaired) electrons. The van der Waals surface area contributed by atoms with Crippen molar-refractivity contribution in [2.75, 3.05) is 4.90 Å². The molecule has 1 N–H and O–H groups in total. The van der Waals surface area contributed by atoms with Crippen LogP contribution in [0.25, 0.3) is 0 Å². The van der Waals surface area contributed by atoms with Crippen molar-refractivity contribution in [3.8, 4) is 0 Å². The van der Waals surface area contributed by atoms with Gasteiger partial charge in [-0.25, -0.2) is 0 Å². The minimum atomic E-state index is -1.84. The number of ketones is 1. The van der Waals surface area contributed by atoms with E-state index in [-0.39, 0.29) is 11.8 Å². The standard InChI is InChI=1S/C20H21NO3/c1-13(2)21-17-12-8-7-11-16(17)20(24,19(21)23)14(3)18(22)15-9-5-4-6-10-15/h4-14,24H,1-3H3/t14-,20+/m0/s1. The zero-order chi connectivity index (χ0) is 17.5. The summed E-state index contributed by atoms with van der Waals surface area (Å²) in [6.07, 6.45) is 0. The van der Waals surface area contributed by atoms with E-state index in [0.29, 0.717) is 16.8 Å². The number of para-hydroxylation sites is 1. The summed E-state index contributed by atoms with van der Waals surface area (Å²) in [4.78, 5) is 27.4. The van der Waals surface area contributed by atoms with Crippen molar-refractivity contribution in [3.05, 3.63) is 65.7 Å². The van der Waals surface area contributed by atoms with Crippen LogP contribution in [0.15, 0.2) is 54.6 Å². The predicted octanol–water partition coefficient (Wildman–Crippen LogP) is 3.15. The highest BCUT2D eigenvalue weighted by Crippen LogP contribution is 2.46. The van der Waals surface area contributed by atoms with Gasteiger partial charge in [-0.05, 0) is 19.9 Å². The van der Waals surface area contributed by atoms with Gasteiger partial charge in [-0.2, -0.15) is 0 Å². The fourth-order valence-corrected chi connectivity index (χ4v) is 3.39. The number of fused-ring (bicyclic) bond motifs is 1. The molecule has 0 unspecified atom stereocenters. The topological polar surface area (TPSA) is 57.6 Å². The minimum absolute atomic E-state index is 0.105. The molecule has 0 saturated carbocycles. The number of carbonyl (C=O) groups is 2. The van der Waals surface area contributed by atoms with Gasteiger partial charge in [0.2, 0.25) is 0 Å². The van der Waals surface area contributed by atoms with Crippen molar-refractivity contribution in [1.82, 2.24) is 0 Å². The van der Waals surface area contributed by atoms with E-state index in [1.165, 1.54) is 0 Å². The van der Waals surface area contributed by atoms with Crippen molar-refractivity contribution in [2.45, 2.75) is 32.4 Å². The van der Waals surface area contributed by atoms with Crippen LogP contribution in [0.1, 0.15) is 36.7 Å². The molecule has 1 heterocycles. The summed E-state index contributed by atoms with van der Waals surface area (Å²) in [7, 11) is 0. The molecule has 1 aliphatic heterocycles. The Morgan fingerprint density at radius 3 is 2.21 bits per heavy atom. The van der Waals surface area contributed by atoms with Crippen molar-refractivity contribution >= 4 is 17.4 Å². The quantitative estimate of drug-likeness (QED) is 0.879. The molecular weight excluding hydrogens is 302 g/mol. The van der Waals surface area contributed by atoms with E-state index in [0.717, 1.165) is 0 Å². The van der Waals surface area contributed by atoms with Gasteiger partial charge in [0.05, 0.1) is 11.6 Å². The number of rotatable bonds is 4. The molecule has 0 spiro atoms. The molecule has 0 aliphatic carbocycles. The lowest BCUT2D eigenvalue weighted by atomic mass is 9.79. The normalized spacial score (nSPS) is 21.0. The van der Waals surface area contributed by atoms with Gasteiger partial charge in [0.25, 0.3) is 5.91 Å². The molecule has 4 nitrogen and oxygen atoms in total. The van der Waals surface area contributed by atoms with Crippen molar-refractivity contribution < 1.29 is 14.7 Å². The molecule has 2 atom stereocenters. The van der Waals surface area contributed by atoms with Gasteiger partial charge >= 0.3 is 0 Å². The van der Waals surface area contributed by atoms with Crippen LogP contribution in [0, 0.1) is 5.92 Å². The molecule has 0 saturated heterocycles. The summed E-state index contributed by atoms with van der Waals surface area (Å²) in [5.74, 6) is -1.56. The van der Waals surface area contributed by atoms with Crippen LogP contribution < -0.4 is 4.90 Å². The Labute approximate surface area is 141 Å². The van der Waals surface area contributed by atoms with Crippen LogP contribution in [0.2, 0.25) is 0 Å². The van der Waals surface area contributed by atoms with Crippen molar-refractivity contribution in [1.29, 1.82) is 0 Å². The highest BCUT2D eigenvalue weighted by Gasteiger charge is 2.55. The van der Waals surface area contributed by atoms with Crippen LogP contribution in [-0.4, -0.2) is 22.8 Å². The van der Waals surface area contributed by atoms with Gasteiger partial charge in [0.1, 0.15) is 0 Å². The fraction of sp³-hybridized carbons (Fsp3) is 0.300. The number of carbonyl (C=O) groups excluding carboxylic acids is 2. The van der Waals surface area contributed by atoms with Gasteiger partial charge in [-0.1, -0.05) is 55.5 Å². The van der Waals surface area contributed by atoms with E-state index < -0.39 is 17.4 Å². The number of anilines is 1. The molecule has 0 fully saturated rings. The molecular formula is C20H21NO3. The largest absolute Gasteiger partial charge is 0.375 e. The minimum Gasteiger partial charge on any atom is -0.375 e. The van der Waals surface area contributed by atoms with Gasteiger partial charge in [0.15, 0.2) is 11.4 Å². The molecule has 24 heavy (non-hydrogen) atoms. The molecule has 1 amide bonds. The molecule has 124 valence electrons. The lowest BCUT2D eigenvalue weighted by Gasteiger charge is -2.29. The number of hydrogen-bond acceptors (Lipinski definition) is 3. The van der Waals surface area contributed by atoms with E-state index in [9.17, 15) is 14.7 Å². The van der Waals surface area contributed by atoms with E-state index in [1.54, 1.807) is 48.2 Å². The fourth-order valence-electron chi connectivity index (χ4n) is 3.39. The maximum atomic E-state index is 13.0. The first-order chi connectivity index (χ1) is 11.4. The molecule has 2 aromatic rings. The highest BCUT2D eigenvalue weighted by atomic mass is 16.3. The summed E-state index contributed by atoms with van der Waals surface area (Å²) in [5.41, 5.74) is -0.173. The molecule has 3 rings (SSSR count). The summed E-state index contributed by atoms with van der Waals surface area (Å²) in [6.45, 7) is 5.40. The third-order valence-electron chi connectivity index (χ3n) is 4.71. The highest BCUT2D eigenvalue weighted by molar-refractivity contribution is 6.11. The number of hydrogen-bond donors (Lipinski definition) is 1. The second-order valence-corrected chi connectivity index (χ2v) is 6.50. The average Bonchev–Trinajstić information content (AvgIpc) is 2.83. The zero-order valence-electron chi connectivity index (χ0n) is 14.1. The maximum Gasteiger partial charge on any atom is 0.264 e. The third-order valence-corrected chi connectivity index (χ3v) is 4.71. The Morgan fingerprint density at radius 1 is 1.00 bits per heavy atom. The first-order valence-electron chi connectivity index (χ1n) is 8.13. The van der Waals surface area contributed by atoms with Gasteiger partial charge in [0, 0.05) is 17.2 Å². The van der Waals surface area contributed by atoms with E-state index in [4.69, 9.17) is 0 Å². The summed E-state index contributed by atoms with van der Waals surface area (Å²) >= 11 is 0. The Kier molecular flexibility index (Phi) is 4.01. The summed E-state index contributed by atoms with van der Waals surface area (Å²) in [6, 6.07) is 15.8. The molecule has 1 aliphatic rings. The SMILES string of the molecule is CC(C)N1C(=O)[C@@](O)([C@@H](C)C(=O)c2ccccc2)c2ccccc21. The van der Waals surface area contributed by atoms with Crippen molar-refractivity contribution in [2.24, 2.45) is 5.92 Å². The average molecular weight is 323 g/mol. The number of nitrogens with zero attached hydrogens (tertiary/aromatic N) is 1. The van der Waals surface area contributed by atoms with Crippen LogP contribution in [0.3, 0.4) is 0 Å². The van der Waals surface area contributed by atoms with Crippen LogP contribution in [0.5, 0.6) is 0 Å². The first kappa shape index (κ1) is 16.4. The smallest absolute Gasteiger partial charge is 0.264 e. The van der Waals surface area contributed by atoms with Gasteiger partial charge in [-0.3, -0.25) is 9.59 Å². The molecule has 2 aromatic carbocycles. The van der Waals surface area contributed by atoms with Crippen LogP contribution in [-0.2, 0) is 10.4 Å². The third kappa shape index (κ3) is 2.26. The Balaban J connectivity index is 2.09. The van der Waals surface area contributed by atoms with Gasteiger partial charge < -0.3 is 10.0 Å². The molecule has 0 aromatic heterocycles. The van der Waals surface area contributed by atoms with Crippen LogP contribution in [0.4, 0.5) is 5.69 Å². The second kappa shape index (κ2) is 5.87. The van der Waals surface area contributed by atoms with E-state index >= 15 is 0 Å². The predicted molar refractivity (Wildman–Crippen MR) is 92.9 cm³/mol. The number of benzene rings is 2. The number of aliphatic hydroxyl groups is 1. The lowest BCUT2D eigenvalue weighted by molar-refractivity contribution is -0.140. The monoisotopic (exact) mass is 323 g/mol. The van der Waals surface area contributed by atoms with Gasteiger partial charge in [-0.15, -0.1) is 0 Å². The first-order valence-corrected chi connectivity index (χ1v) is 8.13. The van der Waals surface area contributed by atoms with Crippen LogP contribution >= 0.6 is 0 Å². The number of Topliss-reactive ketones (excluding diaryl/α,β-unsaturated/α-hetero) is 1. The maximum absolute atomic E-state index is 13.0. The molecule has 0 bridgehead atoms. The van der Waals surface area contributed by atoms with E-state index in [2.05, 4.69) is 0 Å². The number of amides is 1. The zero-order valence-corrected chi connectivity index (χ0v) is 14.1. The Bertz CT molecular complexity index is 784. The second-order valence-electron chi connectivity index (χ2n) is 6.50. The Morgan fingerprint density at radius 2 is 1.58 bits per heavy atom. The lowest BCUT2D eigenvalue weighted by Crippen LogP contribution is -2.49. The van der Waals surface area contributed by atoms with Crippen molar-refractivity contribution in [3.63, 3.8) is 0 Å². The van der Waals surface area contributed by atoms with E-state index in [1.807, 2.05) is 32.0 Å². The molecule has 4 heteroatoms. The Hall–Kier alpha value is -2.46. The summed E-state index contributed by atoms with van der Waals surface area (Å²) < 4.78 is 0. The summed E-state index contributed by atoms with van der Waals surface area (Å²) in [5, 5.41) is 11.3.